The summed E-state index contributed by atoms with van der Waals surface area (Å²) in [6.45, 7) is 4.21. The maximum Gasteiger partial charge on any atom is 0.256 e. The Balaban J connectivity index is 1.61. The predicted molar refractivity (Wildman–Crippen MR) is 110 cm³/mol. The maximum atomic E-state index is 12.6. The van der Waals surface area contributed by atoms with Gasteiger partial charge in [-0.3, -0.25) is 9.78 Å². The highest BCUT2D eigenvalue weighted by Gasteiger charge is 2.14. The van der Waals surface area contributed by atoms with Crippen LogP contribution in [-0.2, 0) is 13.0 Å². The van der Waals surface area contributed by atoms with Crippen molar-refractivity contribution in [3.05, 3.63) is 83.9 Å². The highest BCUT2D eigenvalue weighted by Crippen LogP contribution is 2.13. The second-order valence-corrected chi connectivity index (χ2v) is 6.60. The lowest BCUT2D eigenvalue weighted by Crippen LogP contribution is -2.29. The summed E-state index contributed by atoms with van der Waals surface area (Å²) in [6, 6.07) is 14.1. The van der Waals surface area contributed by atoms with Crippen LogP contribution in [-0.4, -0.2) is 45.9 Å². The summed E-state index contributed by atoms with van der Waals surface area (Å²) >= 11 is 0. The lowest BCUT2D eigenvalue weighted by molar-refractivity contribution is 0.0796. The van der Waals surface area contributed by atoms with E-state index in [1.54, 1.807) is 36.7 Å². The van der Waals surface area contributed by atoms with Crippen LogP contribution in [0.4, 0.5) is 5.95 Å². The maximum absolute atomic E-state index is 12.6. The standard InChI is InChI=1S/C22H25N5O/c1-3-27(17-19-7-5-4-6-8-19)22-24-15-20(16-25-22)21(28)26(2)14-11-18-9-12-23-13-10-18/h4-10,12-13,15-16H,3,11,14,17H2,1-2H3. The number of anilines is 1. The second kappa shape index (κ2) is 9.60. The molecule has 3 rings (SSSR count). The fraction of sp³-hybridized carbons (Fsp3) is 0.273. The van der Waals surface area contributed by atoms with E-state index in [0.717, 1.165) is 25.1 Å². The first kappa shape index (κ1) is 19.5. The van der Waals surface area contributed by atoms with E-state index < -0.39 is 0 Å². The molecule has 0 atom stereocenters. The molecule has 0 aliphatic heterocycles. The van der Waals surface area contributed by atoms with Crippen molar-refractivity contribution >= 4 is 11.9 Å². The van der Waals surface area contributed by atoms with Crippen molar-refractivity contribution in [2.75, 3.05) is 25.0 Å². The third-order valence-electron chi connectivity index (χ3n) is 4.60. The Bertz CT molecular complexity index is 868. The third-order valence-corrected chi connectivity index (χ3v) is 4.60. The van der Waals surface area contributed by atoms with E-state index in [9.17, 15) is 4.79 Å². The average molecular weight is 375 g/mol. The molecule has 0 bridgehead atoms. The largest absolute Gasteiger partial charge is 0.341 e. The van der Waals surface area contributed by atoms with Gasteiger partial charge >= 0.3 is 0 Å². The molecule has 2 heterocycles. The molecule has 0 saturated carbocycles. The zero-order chi connectivity index (χ0) is 19.8. The molecular formula is C22H25N5O. The van der Waals surface area contributed by atoms with Crippen LogP contribution < -0.4 is 4.90 Å². The Kier molecular flexibility index (Phi) is 6.68. The van der Waals surface area contributed by atoms with Gasteiger partial charge in [0, 0.05) is 51.5 Å². The molecule has 6 nitrogen and oxygen atoms in total. The number of hydrogen-bond acceptors (Lipinski definition) is 5. The molecule has 3 aromatic rings. The minimum absolute atomic E-state index is 0.0771. The van der Waals surface area contributed by atoms with Crippen LogP contribution in [0.1, 0.15) is 28.4 Å². The summed E-state index contributed by atoms with van der Waals surface area (Å²) < 4.78 is 0. The fourth-order valence-electron chi connectivity index (χ4n) is 2.89. The quantitative estimate of drug-likeness (QED) is 0.605. The summed E-state index contributed by atoms with van der Waals surface area (Å²) in [5.74, 6) is 0.550. The van der Waals surface area contributed by atoms with Gasteiger partial charge in [-0.2, -0.15) is 0 Å². The van der Waals surface area contributed by atoms with Crippen LogP contribution in [0.5, 0.6) is 0 Å². The average Bonchev–Trinajstić information content (AvgIpc) is 2.77. The number of rotatable bonds is 8. The summed E-state index contributed by atoms with van der Waals surface area (Å²) in [5.41, 5.74) is 2.85. The smallest absolute Gasteiger partial charge is 0.256 e. The van der Waals surface area contributed by atoms with Gasteiger partial charge in [-0.25, -0.2) is 9.97 Å². The van der Waals surface area contributed by atoms with Gasteiger partial charge in [0.25, 0.3) is 5.91 Å². The highest BCUT2D eigenvalue weighted by molar-refractivity contribution is 5.93. The SMILES string of the molecule is CCN(Cc1ccccc1)c1ncc(C(=O)N(C)CCc2ccncc2)cn1. The van der Waals surface area contributed by atoms with Crippen molar-refractivity contribution in [3.8, 4) is 0 Å². The molecule has 6 heteroatoms. The zero-order valence-corrected chi connectivity index (χ0v) is 16.3. The van der Waals surface area contributed by atoms with Crippen molar-refractivity contribution in [3.63, 3.8) is 0 Å². The van der Waals surface area contributed by atoms with Crippen LogP contribution in [0.25, 0.3) is 0 Å². The molecule has 0 saturated heterocycles. The third kappa shape index (κ3) is 5.13. The Morgan fingerprint density at radius 1 is 0.964 bits per heavy atom. The van der Waals surface area contributed by atoms with Crippen LogP contribution in [0.3, 0.4) is 0 Å². The van der Waals surface area contributed by atoms with Crippen LogP contribution >= 0.6 is 0 Å². The molecule has 0 aliphatic carbocycles. The van der Waals surface area contributed by atoms with E-state index in [1.807, 2.05) is 30.3 Å². The van der Waals surface area contributed by atoms with Crippen LogP contribution in [0.15, 0.2) is 67.3 Å². The number of benzene rings is 1. The Labute approximate surface area is 165 Å². The molecule has 28 heavy (non-hydrogen) atoms. The number of nitrogens with zero attached hydrogens (tertiary/aromatic N) is 5. The van der Waals surface area contributed by atoms with E-state index in [4.69, 9.17) is 0 Å². The first-order chi connectivity index (χ1) is 13.7. The summed E-state index contributed by atoms with van der Waals surface area (Å²) in [4.78, 5) is 29.3. The minimum Gasteiger partial charge on any atom is -0.341 e. The lowest BCUT2D eigenvalue weighted by atomic mass is 10.2. The van der Waals surface area contributed by atoms with Gasteiger partial charge in [0.05, 0.1) is 5.56 Å². The van der Waals surface area contributed by atoms with E-state index in [2.05, 4.69) is 38.9 Å². The molecule has 0 fully saturated rings. The number of pyridine rings is 1. The summed E-state index contributed by atoms with van der Waals surface area (Å²) in [7, 11) is 1.80. The number of carbonyl (C=O) groups is 1. The topological polar surface area (TPSA) is 62.2 Å². The van der Waals surface area contributed by atoms with E-state index in [0.29, 0.717) is 18.1 Å². The van der Waals surface area contributed by atoms with Gasteiger partial charge in [-0.15, -0.1) is 0 Å². The van der Waals surface area contributed by atoms with Gasteiger partial charge in [0.2, 0.25) is 5.95 Å². The molecule has 1 amide bonds. The Morgan fingerprint density at radius 2 is 1.64 bits per heavy atom. The lowest BCUT2D eigenvalue weighted by Gasteiger charge is -2.21. The van der Waals surface area contributed by atoms with Crippen molar-refractivity contribution in [2.24, 2.45) is 0 Å². The molecule has 0 unspecified atom stereocenters. The van der Waals surface area contributed by atoms with Crippen molar-refractivity contribution in [2.45, 2.75) is 19.9 Å². The Hall–Kier alpha value is -3.28. The number of amides is 1. The number of hydrogen-bond donors (Lipinski definition) is 0. The zero-order valence-electron chi connectivity index (χ0n) is 16.3. The normalized spacial score (nSPS) is 10.5. The monoisotopic (exact) mass is 375 g/mol. The highest BCUT2D eigenvalue weighted by atomic mass is 16.2. The molecular weight excluding hydrogens is 350 g/mol. The van der Waals surface area contributed by atoms with Gasteiger partial charge in [0.1, 0.15) is 0 Å². The Morgan fingerprint density at radius 3 is 2.29 bits per heavy atom. The van der Waals surface area contributed by atoms with Crippen LogP contribution in [0.2, 0.25) is 0 Å². The molecule has 0 radical (unpaired) electrons. The number of likely N-dealkylation sites (N-methyl/N-ethyl adjacent to an activating group) is 1. The first-order valence-electron chi connectivity index (χ1n) is 9.42. The van der Waals surface area contributed by atoms with Crippen LogP contribution in [0, 0.1) is 0 Å². The van der Waals surface area contributed by atoms with E-state index >= 15 is 0 Å². The fourth-order valence-corrected chi connectivity index (χ4v) is 2.89. The molecule has 144 valence electrons. The van der Waals surface area contributed by atoms with Crippen molar-refractivity contribution in [1.82, 2.24) is 19.9 Å². The van der Waals surface area contributed by atoms with E-state index in [-0.39, 0.29) is 5.91 Å². The van der Waals surface area contributed by atoms with Crippen molar-refractivity contribution < 1.29 is 4.79 Å². The van der Waals surface area contributed by atoms with Gasteiger partial charge < -0.3 is 9.80 Å². The number of aromatic nitrogens is 3. The molecule has 2 aromatic heterocycles. The van der Waals surface area contributed by atoms with Gasteiger partial charge in [0.15, 0.2) is 0 Å². The number of carbonyl (C=O) groups excluding carboxylic acids is 1. The summed E-state index contributed by atoms with van der Waals surface area (Å²) in [5, 5.41) is 0. The molecule has 1 aromatic carbocycles. The van der Waals surface area contributed by atoms with Crippen molar-refractivity contribution in [1.29, 1.82) is 0 Å². The van der Waals surface area contributed by atoms with Gasteiger partial charge in [-0.05, 0) is 36.6 Å². The first-order valence-corrected chi connectivity index (χ1v) is 9.42. The molecule has 0 aliphatic rings. The van der Waals surface area contributed by atoms with Gasteiger partial charge in [-0.1, -0.05) is 30.3 Å². The minimum atomic E-state index is -0.0771. The summed E-state index contributed by atoms with van der Waals surface area (Å²) in [6.07, 6.45) is 7.53. The molecule has 0 N–H and O–H groups in total. The second-order valence-electron chi connectivity index (χ2n) is 6.60. The van der Waals surface area contributed by atoms with E-state index in [1.165, 1.54) is 5.56 Å². The molecule has 0 spiro atoms. The predicted octanol–water partition coefficient (Wildman–Crippen LogP) is 3.21.